The van der Waals surface area contributed by atoms with Crippen LogP contribution in [0, 0.1) is 5.92 Å². The van der Waals surface area contributed by atoms with Crippen LogP contribution in [0.4, 0.5) is 0 Å². The summed E-state index contributed by atoms with van der Waals surface area (Å²) in [6.45, 7) is 5.44. The Morgan fingerprint density at radius 1 is 1.32 bits per heavy atom. The number of hydrogen-bond acceptors (Lipinski definition) is 6. The van der Waals surface area contributed by atoms with Crippen molar-refractivity contribution in [2.24, 2.45) is 5.92 Å². The summed E-state index contributed by atoms with van der Waals surface area (Å²) in [5, 5.41) is 1.28. The summed E-state index contributed by atoms with van der Waals surface area (Å²) < 4.78 is 0. The first-order valence-electron chi connectivity index (χ1n) is 7.08. The minimum Gasteiger partial charge on any atom is -0.322 e. The summed E-state index contributed by atoms with van der Waals surface area (Å²) in [5.41, 5.74) is 0. The summed E-state index contributed by atoms with van der Waals surface area (Å²) in [6, 6.07) is 3.23. The molecule has 0 aromatic carbocycles. The van der Waals surface area contributed by atoms with Crippen LogP contribution < -0.4 is 0 Å². The number of nitrogens with zero attached hydrogens (tertiary/aromatic N) is 1. The van der Waals surface area contributed by atoms with Gasteiger partial charge in [0, 0.05) is 11.7 Å². The topological polar surface area (TPSA) is 54.5 Å². The van der Waals surface area contributed by atoms with Gasteiger partial charge in [-0.1, -0.05) is 31.7 Å². The lowest BCUT2D eigenvalue weighted by Gasteiger charge is -2.26. The lowest BCUT2D eigenvalue weighted by molar-refractivity contribution is -0.137. The van der Waals surface area contributed by atoms with Crippen molar-refractivity contribution in [3.63, 3.8) is 0 Å². The van der Waals surface area contributed by atoms with Gasteiger partial charge < -0.3 is 4.90 Å². The molecule has 2 unspecified atom stereocenters. The summed E-state index contributed by atoms with van der Waals surface area (Å²) >= 11 is 4.00. The monoisotopic (exact) mass is 357 g/mol. The van der Waals surface area contributed by atoms with Crippen molar-refractivity contribution >= 4 is 51.7 Å². The molecule has 2 heterocycles. The molecular weight excluding hydrogens is 338 g/mol. The van der Waals surface area contributed by atoms with E-state index in [9.17, 15) is 14.4 Å². The first kappa shape index (κ1) is 17.6. The third kappa shape index (κ3) is 3.94. The lowest BCUT2D eigenvalue weighted by atomic mass is 10.0. The molecule has 2 atom stereocenters. The van der Waals surface area contributed by atoms with Gasteiger partial charge in [-0.05, 0) is 18.4 Å². The largest absolute Gasteiger partial charge is 0.322 e. The van der Waals surface area contributed by atoms with Gasteiger partial charge in [-0.25, -0.2) is 0 Å². The van der Waals surface area contributed by atoms with Gasteiger partial charge in [0.15, 0.2) is 5.78 Å². The Bertz CT molecular complexity index is 556. The SMILES string of the molecule is CC(C)C(=O)C1CSCN1C(=O)C(C)SC(=O)c1cccs1. The smallest absolute Gasteiger partial charge is 0.237 e. The number of thiophene rings is 1. The number of thioether (sulfide) groups is 2. The van der Waals surface area contributed by atoms with Gasteiger partial charge in [0.1, 0.15) is 6.04 Å². The Hall–Kier alpha value is -0.790. The Kier molecular flexibility index (Phi) is 6.11. The molecule has 0 spiro atoms. The normalized spacial score (nSPS) is 19.5. The molecule has 22 heavy (non-hydrogen) atoms. The lowest BCUT2D eigenvalue weighted by Crippen LogP contribution is -2.46. The van der Waals surface area contributed by atoms with Crippen LogP contribution >= 0.6 is 34.9 Å². The third-order valence-corrected chi connectivity index (χ3v) is 6.42. The second-order valence-corrected chi connectivity index (χ2v) is 8.67. The second kappa shape index (κ2) is 7.66. The van der Waals surface area contributed by atoms with E-state index in [1.54, 1.807) is 29.7 Å². The fraction of sp³-hybridized carbons (Fsp3) is 0.533. The van der Waals surface area contributed by atoms with Crippen LogP contribution in [0.3, 0.4) is 0 Å². The quantitative estimate of drug-likeness (QED) is 0.810. The third-order valence-electron chi connectivity index (χ3n) is 3.42. The maximum absolute atomic E-state index is 12.6. The Morgan fingerprint density at radius 2 is 2.05 bits per heavy atom. The van der Waals surface area contributed by atoms with Gasteiger partial charge in [-0.3, -0.25) is 14.4 Å². The fourth-order valence-corrected chi connectivity index (χ4v) is 4.94. The number of amides is 1. The van der Waals surface area contributed by atoms with E-state index in [4.69, 9.17) is 0 Å². The molecule has 1 fully saturated rings. The molecule has 0 bridgehead atoms. The van der Waals surface area contributed by atoms with E-state index in [-0.39, 0.29) is 28.8 Å². The highest BCUT2D eigenvalue weighted by Crippen LogP contribution is 2.28. The minimum atomic E-state index is -0.476. The van der Waals surface area contributed by atoms with Crippen molar-refractivity contribution in [2.45, 2.75) is 32.1 Å². The highest BCUT2D eigenvalue weighted by atomic mass is 32.2. The van der Waals surface area contributed by atoms with E-state index >= 15 is 0 Å². The Labute approximate surface area is 143 Å². The molecule has 1 saturated heterocycles. The maximum Gasteiger partial charge on any atom is 0.237 e. The zero-order valence-corrected chi connectivity index (χ0v) is 15.2. The number of Topliss-reactive ketones (excluding diaryl/α,β-unsaturated/α-hetero) is 1. The van der Waals surface area contributed by atoms with Crippen molar-refractivity contribution in [3.8, 4) is 0 Å². The average molecular weight is 358 g/mol. The Morgan fingerprint density at radius 3 is 2.64 bits per heavy atom. The summed E-state index contributed by atoms with van der Waals surface area (Å²) in [6.07, 6.45) is 0. The van der Waals surface area contributed by atoms with Gasteiger partial charge in [0.05, 0.1) is 16.0 Å². The number of ketones is 1. The molecular formula is C15H19NO3S3. The highest BCUT2D eigenvalue weighted by Gasteiger charge is 2.37. The van der Waals surface area contributed by atoms with Crippen molar-refractivity contribution in [1.29, 1.82) is 0 Å². The van der Waals surface area contributed by atoms with Crippen molar-refractivity contribution in [3.05, 3.63) is 22.4 Å². The maximum atomic E-state index is 12.6. The molecule has 1 amide bonds. The molecule has 0 saturated carbocycles. The summed E-state index contributed by atoms with van der Waals surface area (Å²) in [4.78, 5) is 39.2. The van der Waals surface area contributed by atoms with Gasteiger partial charge in [-0.2, -0.15) is 0 Å². The number of rotatable bonds is 5. The standard InChI is InChI=1S/C15H19NO3S3/c1-9(2)13(17)11-7-20-8-16(11)14(18)10(3)22-15(19)12-5-4-6-21-12/h4-6,9-11H,7-8H2,1-3H3. The number of carbonyl (C=O) groups is 3. The van der Waals surface area contributed by atoms with Crippen LogP contribution in [-0.2, 0) is 9.59 Å². The minimum absolute atomic E-state index is 0.0882. The van der Waals surface area contributed by atoms with E-state index in [2.05, 4.69) is 0 Å². The zero-order valence-electron chi connectivity index (χ0n) is 12.8. The molecule has 1 aliphatic rings. The second-order valence-electron chi connectivity index (χ2n) is 5.41. The Balaban J connectivity index is 2.00. The van der Waals surface area contributed by atoms with Crippen molar-refractivity contribution < 1.29 is 14.4 Å². The van der Waals surface area contributed by atoms with E-state index in [0.29, 0.717) is 16.5 Å². The fourth-order valence-electron chi connectivity index (χ4n) is 2.18. The van der Waals surface area contributed by atoms with Crippen molar-refractivity contribution in [1.82, 2.24) is 4.90 Å². The molecule has 0 aliphatic carbocycles. The number of carbonyl (C=O) groups excluding carboxylic acids is 3. The van der Waals surface area contributed by atoms with Gasteiger partial charge >= 0.3 is 0 Å². The van der Waals surface area contributed by atoms with E-state index in [0.717, 1.165) is 11.8 Å². The van der Waals surface area contributed by atoms with E-state index in [1.807, 2.05) is 25.3 Å². The average Bonchev–Trinajstić information content (AvgIpc) is 3.16. The van der Waals surface area contributed by atoms with Crippen LogP contribution in [0.5, 0.6) is 0 Å². The van der Waals surface area contributed by atoms with E-state index < -0.39 is 5.25 Å². The van der Waals surface area contributed by atoms with Crippen LogP contribution in [-0.4, -0.2) is 44.6 Å². The van der Waals surface area contributed by atoms with Gasteiger partial charge in [-0.15, -0.1) is 23.1 Å². The number of hydrogen-bond donors (Lipinski definition) is 0. The van der Waals surface area contributed by atoms with Crippen LogP contribution in [0.15, 0.2) is 17.5 Å². The molecule has 1 aliphatic heterocycles. The molecule has 1 aromatic rings. The summed E-state index contributed by atoms with van der Waals surface area (Å²) in [5.74, 6) is 1.06. The van der Waals surface area contributed by atoms with Crippen LogP contribution in [0.2, 0.25) is 0 Å². The molecule has 7 heteroatoms. The first-order valence-corrected chi connectivity index (χ1v) is 9.99. The summed E-state index contributed by atoms with van der Waals surface area (Å²) in [7, 11) is 0. The highest BCUT2D eigenvalue weighted by molar-refractivity contribution is 8.15. The van der Waals surface area contributed by atoms with E-state index in [1.165, 1.54) is 11.3 Å². The predicted molar refractivity (Wildman–Crippen MR) is 93.5 cm³/mol. The zero-order chi connectivity index (χ0) is 16.3. The predicted octanol–water partition coefficient (Wildman–Crippen LogP) is 3.14. The van der Waals surface area contributed by atoms with Crippen LogP contribution in [0.25, 0.3) is 0 Å². The van der Waals surface area contributed by atoms with Gasteiger partial charge in [0.2, 0.25) is 11.0 Å². The molecule has 0 radical (unpaired) electrons. The molecule has 1 aromatic heterocycles. The van der Waals surface area contributed by atoms with Crippen LogP contribution in [0.1, 0.15) is 30.4 Å². The van der Waals surface area contributed by atoms with Gasteiger partial charge in [0.25, 0.3) is 0 Å². The van der Waals surface area contributed by atoms with Crippen molar-refractivity contribution in [2.75, 3.05) is 11.6 Å². The first-order chi connectivity index (χ1) is 10.4. The molecule has 4 nitrogen and oxygen atoms in total. The molecule has 2 rings (SSSR count). The molecule has 0 N–H and O–H groups in total. The molecule has 120 valence electrons.